The van der Waals surface area contributed by atoms with E-state index in [1.165, 1.54) is 0 Å². The Kier molecular flexibility index (Phi) is 7.29. The maximum atomic E-state index is 6.27. The van der Waals surface area contributed by atoms with E-state index in [1.54, 1.807) is 0 Å². The molecule has 104 valence electrons. The Morgan fingerprint density at radius 1 is 1.12 bits per heavy atom. The van der Waals surface area contributed by atoms with Gasteiger partial charge in [0.25, 0.3) is 0 Å². The third-order valence-corrected chi connectivity index (χ3v) is 3.42. The van der Waals surface area contributed by atoms with Crippen molar-refractivity contribution in [2.24, 2.45) is 11.1 Å². The first kappa shape index (κ1) is 16.9. The number of hydrogen-bond donors (Lipinski definition) is 1. The van der Waals surface area contributed by atoms with E-state index >= 15 is 0 Å². The highest BCUT2D eigenvalue weighted by atomic mass is 16.5. The van der Waals surface area contributed by atoms with Gasteiger partial charge in [-0.1, -0.05) is 27.2 Å². The second kappa shape index (κ2) is 7.34. The van der Waals surface area contributed by atoms with Crippen LogP contribution in [0, 0.1) is 5.41 Å². The van der Waals surface area contributed by atoms with Gasteiger partial charge in [0.1, 0.15) is 5.72 Å². The van der Waals surface area contributed by atoms with Gasteiger partial charge in [0.15, 0.2) is 0 Å². The van der Waals surface area contributed by atoms with Gasteiger partial charge < -0.3 is 15.2 Å². The zero-order valence-corrected chi connectivity index (χ0v) is 12.5. The molecule has 1 atom stereocenters. The highest BCUT2D eigenvalue weighted by Crippen LogP contribution is 2.33. The monoisotopic (exact) mass is 245 g/mol. The Labute approximate surface area is 107 Å². The molecule has 2 N–H and O–H groups in total. The number of hydrogen-bond acceptors (Lipinski definition) is 3. The van der Waals surface area contributed by atoms with Crippen LogP contribution in [0.15, 0.2) is 0 Å². The van der Waals surface area contributed by atoms with Gasteiger partial charge in [-0.15, -0.1) is 0 Å². The Morgan fingerprint density at radius 2 is 1.71 bits per heavy atom. The Balaban J connectivity index is 4.14. The van der Waals surface area contributed by atoms with E-state index in [-0.39, 0.29) is 11.5 Å². The molecule has 0 aromatic heterocycles. The van der Waals surface area contributed by atoms with Crippen molar-refractivity contribution in [2.75, 3.05) is 13.2 Å². The van der Waals surface area contributed by atoms with Crippen LogP contribution in [0.2, 0.25) is 0 Å². The third kappa shape index (κ3) is 6.39. The number of unbranched alkanes of at least 4 members (excludes halogenated alkanes) is 1. The van der Waals surface area contributed by atoms with E-state index in [4.69, 9.17) is 15.2 Å². The van der Waals surface area contributed by atoms with Crippen molar-refractivity contribution in [3.8, 4) is 0 Å². The van der Waals surface area contributed by atoms with Crippen LogP contribution in [-0.4, -0.2) is 25.0 Å². The first-order valence-corrected chi connectivity index (χ1v) is 6.77. The smallest absolute Gasteiger partial charge is 0.119 e. The zero-order valence-electron chi connectivity index (χ0n) is 12.5. The minimum Gasteiger partial charge on any atom is -0.379 e. The first-order valence-electron chi connectivity index (χ1n) is 6.77. The van der Waals surface area contributed by atoms with Crippen LogP contribution in [0.25, 0.3) is 0 Å². The number of nitrogens with two attached hydrogens (primary N) is 1. The van der Waals surface area contributed by atoms with Gasteiger partial charge in [-0.3, -0.25) is 0 Å². The average Bonchev–Trinajstić information content (AvgIpc) is 2.16. The van der Waals surface area contributed by atoms with Crippen molar-refractivity contribution in [2.45, 2.75) is 72.6 Å². The molecule has 0 rings (SSSR count). The predicted molar refractivity (Wildman–Crippen MR) is 72.9 cm³/mol. The molecule has 0 aliphatic rings. The minimum atomic E-state index is -0.595. The van der Waals surface area contributed by atoms with E-state index in [0.717, 1.165) is 32.5 Å². The van der Waals surface area contributed by atoms with Crippen molar-refractivity contribution in [1.82, 2.24) is 0 Å². The van der Waals surface area contributed by atoms with Crippen molar-refractivity contribution in [3.05, 3.63) is 0 Å². The molecular weight excluding hydrogens is 214 g/mol. The van der Waals surface area contributed by atoms with Crippen molar-refractivity contribution < 1.29 is 9.47 Å². The molecule has 1 unspecified atom stereocenters. The molecule has 0 spiro atoms. The summed E-state index contributed by atoms with van der Waals surface area (Å²) in [6, 6.07) is 0. The molecule has 0 radical (unpaired) electrons. The minimum absolute atomic E-state index is 0.0877. The molecule has 0 bridgehead atoms. The quantitative estimate of drug-likeness (QED) is 0.500. The molecule has 0 fully saturated rings. The summed E-state index contributed by atoms with van der Waals surface area (Å²) in [4.78, 5) is 0. The van der Waals surface area contributed by atoms with Crippen LogP contribution in [0.1, 0.15) is 60.8 Å². The molecule has 0 aliphatic heterocycles. The summed E-state index contributed by atoms with van der Waals surface area (Å²) in [6.45, 7) is 14.0. The van der Waals surface area contributed by atoms with Crippen LogP contribution in [0.5, 0.6) is 0 Å². The van der Waals surface area contributed by atoms with E-state index in [9.17, 15) is 0 Å². The van der Waals surface area contributed by atoms with Crippen molar-refractivity contribution in [3.63, 3.8) is 0 Å². The van der Waals surface area contributed by atoms with Crippen molar-refractivity contribution in [1.29, 1.82) is 0 Å². The fourth-order valence-electron chi connectivity index (χ4n) is 1.42. The SMILES string of the molecule is CCCCOC(C)(N)C(C)(C)CCOC(C)C. The molecule has 3 heteroatoms. The van der Waals surface area contributed by atoms with E-state index < -0.39 is 5.72 Å². The molecule has 0 saturated heterocycles. The Morgan fingerprint density at radius 3 is 2.18 bits per heavy atom. The normalized spacial score (nSPS) is 16.2. The fourth-order valence-corrected chi connectivity index (χ4v) is 1.42. The summed E-state index contributed by atoms with van der Waals surface area (Å²) in [7, 11) is 0. The standard InChI is InChI=1S/C14H31NO2/c1-7-8-10-17-14(6,15)13(4,5)9-11-16-12(2)3/h12H,7-11,15H2,1-6H3. The molecular formula is C14H31NO2. The van der Waals surface area contributed by atoms with Crippen LogP contribution >= 0.6 is 0 Å². The zero-order chi connectivity index (χ0) is 13.5. The van der Waals surface area contributed by atoms with E-state index in [1.807, 2.05) is 20.8 Å². The molecule has 3 nitrogen and oxygen atoms in total. The topological polar surface area (TPSA) is 44.5 Å². The second-order valence-corrected chi connectivity index (χ2v) is 5.86. The molecule has 0 heterocycles. The summed E-state index contributed by atoms with van der Waals surface area (Å²) in [5, 5.41) is 0. The van der Waals surface area contributed by atoms with Gasteiger partial charge in [-0.2, -0.15) is 0 Å². The number of ether oxygens (including phenoxy) is 2. The lowest BCUT2D eigenvalue weighted by atomic mass is 9.79. The number of rotatable bonds is 9. The van der Waals surface area contributed by atoms with Gasteiger partial charge in [-0.25, -0.2) is 0 Å². The molecule has 0 aliphatic carbocycles. The summed E-state index contributed by atoms with van der Waals surface area (Å²) >= 11 is 0. The highest BCUT2D eigenvalue weighted by Gasteiger charge is 2.38. The van der Waals surface area contributed by atoms with E-state index in [2.05, 4.69) is 20.8 Å². The van der Waals surface area contributed by atoms with Gasteiger partial charge in [-0.05, 0) is 33.6 Å². The second-order valence-electron chi connectivity index (χ2n) is 5.86. The largest absolute Gasteiger partial charge is 0.379 e. The Bertz CT molecular complexity index is 200. The van der Waals surface area contributed by atoms with Crippen LogP contribution < -0.4 is 5.73 Å². The molecule has 0 aromatic rings. The van der Waals surface area contributed by atoms with Crippen LogP contribution in [0.3, 0.4) is 0 Å². The summed E-state index contributed by atoms with van der Waals surface area (Å²) in [5.74, 6) is 0. The van der Waals surface area contributed by atoms with Crippen molar-refractivity contribution >= 4 is 0 Å². The molecule has 0 saturated carbocycles. The van der Waals surface area contributed by atoms with Crippen LogP contribution in [0.4, 0.5) is 0 Å². The summed E-state index contributed by atoms with van der Waals surface area (Å²) in [6.07, 6.45) is 3.37. The maximum Gasteiger partial charge on any atom is 0.119 e. The maximum absolute atomic E-state index is 6.27. The van der Waals surface area contributed by atoms with Gasteiger partial charge in [0.05, 0.1) is 6.10 Å². The van der Waals surface area contributed by atoms with Gasteiger partial charge >= 0.3 is 0 Å². The lowest BCUT2D eigenvalue weighted by Crippen LogP contribution is -2.53. The fraction of sp³-hybridized carbons (Fsp3) is 1.00. The Hall–Kier alpha value is -0.120. The van der Waals surface area contributed by atoms with Crippen LogP contribution in [-0.2, 0) is 9.47 Å². The van der Waals surface area contributed by atoms with Gasteiger partial charge in [0, 0.05) is 18.6 Å². The van der Waals surface area contributed by atoms with Gasteiger partial charge in [0.2, 0.25) is 0 Å². The highest BCUT2D eigenvalue weighted by molar-refractivity contribution is 4.86. The summed E-state index contributed by atoms with van der Waals surface area (Å²) in [5.41, 5.74) is 5.59. The predicted octanol–water partition coefficient (Wildman–Crippen LogP) is 3.32. The molecule has 17 heavy (non-hydrogen) atoms. The summed E-state index contributed by atoms with van der Waals surface area (Å²) < 4.78 is 11.4. The third-order valence-electron chi connectivity index (χ3n) is 3.42. The first-order chi connectivity index (χ1) is 7.73. The average molecular weight is 245 g/mol. The van der Waals surface area contributed by atoms with E-state index in [0.29, 0.717) is 0 Å². The lowest BCUT2D eigenvalue weighted by Gasteiger charge is -2.41. The molecule has 0 amide bonds. The lowest BCUT2D eigenvalue weighted by molar-refractivity contribution is -0.118. The molecule has 0 aromatic carbocycles.